The van der Waals surface area contributed by atoms with Gasteiger partial charge in [-0.3, -0.25) is 4.79 Å². The van der Waals surface area contributed by atoms with E-state index in [1.165, 1.54) is 6.07 Å². The number of anilines is 1. The van der Waals surface area contributed by atoms with E-state index < -0.39 is 11.7 Å². The first-order chi connectivity index (χ1) is 13.0. The number of fused-ring (bicyclic) bond motifs is 1. The van der Waals surface area contributed by atoms with Crippen LogP contribution in [0.3, 0.4) is 0 Å². The molecule has 0 radical (unpaired) electrons. The molecular formula is C20H14ClFN2O3. The fourth-order valence-corrected chi connectivity index (χ4v) is 3.15. The van der Waals surface area contributed by atoms with Gasteiger partial charge in [-0.05, 0) is 32.0 Å². The highest BCUT2D eigenvalue weighted by Gasteiger charge is 2.23. The first-order valence-electron chi connectivity index (χ1n) is 8.17. The smallest absolute Gasteiger partial charge is 0.292 e. The Morgan fingerprint density at radius 3 is 2.63 bits per heavy atom. The average Bonchev–Trinajstić information content (AvgIpc) is 3.18. The van der Waals surface area contributed by atoms with Crippen LogP contribution in [-0.2, 0) is 0 Å². The third-order valence-corrected chi connectivity index (χ3v) is 4.69. The van der Waals surface area contributed by atoms with Crippen LogP contribution in [0.1, 0.15) is 21.7 Å². The number of carbonyl (C=O) groups excluding carboxylic acids is 1. The number of amides is 1. The van der Waals surface area contributed by atoms with Crippen LogP contribution in [0.15, 0.2) is 51.4 Å². The minimum absolute atomic E-state index is 0.132. The Hall–Kier alpha value is -3.12. The number of nitrogens with one attached hydrogen (secondary N) is 1. The Labute approximate surface area is 158 Å². The van der Waals surface area contributed by atoms with Gasteiger partial charge in [0, 0.05) is 16.5 Å². The van der Waals surface area contributed by atoms with Crippen molar-refractivity contribution in [3.05, 3.63) is 70.2 Å². The van der Waals surface area contributed by atoms with Crippen LogP contribution in [0.4, 0.5) is 10.2 Å². The van der Waals surface area contributed by atoms with E-state index in [0.717, 1.165) is 5.39 Å². The Morgan fingerprint density at radius 2 is 1.89 bits per heavy atom. The number of aromatic nitrogens is 1. The largest absolute Gasteiger partial charge is 0.449 e. The van der Waals surface area contributed by atoms with Crippen molar-refractivity contribution < 1.29 is 18.1 Å². The van der Waals surface area contributed by atoms with Crippen molar-refractivity contribution in [2.75, 3.05) is 5.32 Å². The van der Waals surface area contributed by atoms with Crippen LogP contribution >= 0.6 is 11.6 Å². The second kappa shape index (κ2) is 6.55. The molecular weight excluding hydrogens is 371 g/mol. The second-order valence-corrected chi connectivity index (χ2v) is 6.50. The zero-order valence-corrected chi connectivity index (χ0v) is 15.2. The monoisotopic (exact) mass is 384 g/mol. The molecule has 0 bridgehead atoms. The minimum atomic E-state index is -0.490. The second-order valence-electron chi connectivity index (χ2n) is 6.09. The van der Waals surface area contributed by atoms with Gasteiger partial charge in [0.15, 0.2) is 22.9 Å². The van der Waals surface area contributed by atoms with E-state index in [-0.39, 0.29) is 22.9 Å². The van der Waals surface area contributed by atoms with Crippen LogP contribution in [0.2, 0.25) is 5.02 Å². The third-order valence-electron chi connectivity index (χ3n) is 4.40. The number of carbonyl (C=O) groups is 1. The molecule has 4 aromatic rings. The number of halogens is 2. The Bertz CT molecular complexity index is 1180. The van der Waals surface area contributed by atoms with E-state index in [1.807, 2.05) is 6.07 Å². The van der Waals surface area contributed by atoms with Crippen molar-refractivity contribution in [1.82, 2.24) is 5.16 Å². The first kappa shape index (κ1) is 17.3. The lowest BCUT2D eigenvalue weighted by Crippen LogP contribution is -2.13. The maximum atomic E-state index is 14.0. The zero-order valence-electron chi connectivity index (χ0n) is 14.5. The molecule has 27 heavy (non-hydrogen) atoms. The van der Waals surface area contributed by atoms with E-state index in [2.05, 4.69) is 10.5 Å². The maximum absolute atomic E-state index is 14.0. The van der Waals surface area contributed by atoms with Gasteiger partial charge in [0.05, 0.1) is 10.6 Å². The van der Waals surface area contributed by atoms with Gasteiger partial charge in [0.2, 0.25) is 0 Å². The minimum Gasteiger partial charge on any atom is -0.449 e. The standard InChI is InChI=1S/C20H14ClFN2O3/c1-10-12-7-5-8-14(21)18(12)26-17(10)20(25)23-19-11(2)16(27-24-19)13-6-3-4-9-15(13)22/h3-9H,1-2H3,(H,23,24,25). The summed E-state index contributed by atoms with van der Waals surface area (Å²) in [5.41, 5.74) is 1.90. The Kier molecular flexibility index (Phi) is 4.20. The summed E-state index contributed by atoms with van der Waals surface area (Å²) < 4.78 is 24.9. The molecule has 0 saturated carbocycles. The normalized spacial score (nSPS) is 11.1. The van der Waals surface area contributed by atoms with Crippen LogP contribution < -0.4 is 5.32 Å². The topological polar surface area (TPSA) is 68.3 Å². The van der Waals surface area contributed by atoms with Gasteiger partial charge >= 0.3 is 0 Å². The number of para-hydroxylation sites is 1. The highest BCUT2D eigenvalue weighted by Crippen LogP contribution is 2.33. The third kappa shape index (κ3) is 2.88. The number of furan rings is 1. The lowest BCUT2D eigenvalue weighted by Gasteiger charge is -2.02. The van der Waals surface area contributed by atoms with Crippen molar-refractivity contribution in [3.8, 4) is 11.3 Å². The Morgan fingerprint density at radius 1 is 1.11 bits per heavy atom. The van der Waals surface area contributed by atoms with Crippen molar-refractivity contribution >= 4 is 34.3 Å². The van der Waals surface area contributed by atoms with Crippen molar-refractivity contribution in [1.29, 1.82) is 0 Å². The predicted molar refractivity (Wildman–Crippen MR) is 101 cm³/mol. The maximum Gasteiger partial charge on any atom is 0.292 e. The molecule has 0 aliphatic heterocycles. The molecule has 2 aromatic heterocycles. The summed E-state index contributed by atoms with van der Waals surface area (Å²) in [6.07, 6.45) is 0. The van der Waals surface area contributed by atoms with Gasteiger partial charge < -0.3 is 14.3 Å². The lowest BCUT2D eigenvalue weighted by molar-refractivity contribution is 0.0997. The van der Waals surface area contributed by atoms with Crippen molar-refractivity contribution in [2.24, 2.45) is 0 Å². The van der Waals surface area contributed by atoms with Gasteiger partial charge in [-0.25, -0.2) is 4.39 Å². The summed E-state index contributed by atoms with van der Waals surface area (Å²) in [6.45, 7) is 3.47. The van der Waals surface area contributed by atoms with Gasteiger partial charge in [-0.15, -0.1) is 0 Å². The summed E-state index contributed by atoms with van der Waals surface area (Å²) in [7, 11) is 0. The first-order valence-corrected chi connectivity index (χ1v) is 8.55. The predicted octanol–water partition coefficient (Wildman–Crippen LogP) is 5.75. The van der Waals surface area contributed by atoms with E-state index in [0.29, 0.717) is 21.7 Å². The molecule has 0 unspecified atom stereocenters. The molecule has 5 nitrogen and oxygen atoms in total. The molecule has 0 saturated heterocycles. The van der Waals surface area contributed by atoms with E-state index in [9.17, 15) is 9.18 Å². The molecule has 2 heterocycles. The van der Waals surface area contributed by atoms with Crippen molar-refractivity contribution in [2.45, 2.75) is 13.8 Å². The van der Waals surface area contributed by atoms with Crippen LogP contribution in [0.25, 0.3) is 22.3 Å². The summed E-state index contributed by atoms with van der Waals surface area (Å²) in [5, 5.41) is 7.70. The summed E-state index contributed by atoms with van der Waals surface area (Å²) in [5.74, 6) is -0.335. The molecule has 7 heteroatoms. The fourth-order valence-electron chi connectivity index (χ4n) is 2.94. The number of hydrogen-bond donors (Lipinski definition) is 1. The van der Waals surface area contributed by atoms with Crippen LogP contribution in [0, 0.1) is 19.7 Å². The SMILES string of the molecule is Cc1c(NC(=O)c2oc3c(Cl)cccc3c2C)noc1-c1ccccc1F. The average molecular weight is 385 g/mol. The molecule has 136 valence electrons. The summed E-state index contributed by atoms with van der Waals surface area (Å²) >= 11 is 6.13. The van der Waals surface area contributed by atoms with Crippen LogP contribution in [0.5, 0.6) is 0 Å². The molecule has 0 spiro atoms. The number of hydrogen-bond acceptors (Lipinski definition) is 4. The van der Waals surface area contributed by atoms with E-state index in [1.54, 1.807) is 44.2 Å². The van der Waals surface area contributed by atoms with Gasteiger partial charge in [0.1, 0.15) is 5.82 Å². The van der Waals surface area contributed by atoms with E-state index in [4.69, 9.17) is 20.5 Å². The van der Waals surface area contributed by atoms with Gasteiger partial charge in [-0.2, -0.15) is 0 Å². The molecule has 4 rings (SSSR count). The summed E-state index contributed by atoms with van der Waals surface area (Å²) in [6, 6.07) is 11.5. The molecule has 0 fully saturated rings. The fraction of sp³-hybridized carbons (Fsp3) is 0.100. The van der Waals surface area contributed by atoms with Crippen LogP contribution in [-0.4, -0.2) is 11.1 Å². The molecule has 0 atom stereocenters. The van der Waals surface area contributed by atoms with Gasteiger partial charge in [-0.1, -0.05) is 41.0 Å². The molecule has 1 N–H and O–H groups in total. The molecule has 0 aliphatic carbocycles. The number of benzene rings is 2. The Balaban J connectivity index is 1.68. The molecule has 2 aromatic carbocycles. The van der Waals surface area contributed by atoms with Gasteiger partial charge in [0.25, 0.3) is 5.91 Å². The quantitative estimate of drug-likeness (QED) is 0.488. The van der Waals surface area contributed by atoms with E-state index >= 15 is 0 Å². The number of aryl methyl sites for hydroxylation is 1. The highest BCUT2D eigenvalue weighted by molar-refractivity contribution is 6.35. The highest BCUT2D eigenvalue weighted by atomic mass is 35.5. The van der Waals surface area contributed by atoms with Crippen molar-refractivity contribution in [3.63, 3.8) is 0 Å². The summed E-state index contributed by atoms with van der Waals surface area (Å²) in [4.78, 5) is 12.7. The molecule has 0 aliphatic rings. The zero-order chi connectivity index (χ0) is 19.1. The number of rotatable bonds is 3. The lowest BCUT2D eigenvalue weighted by atomic mass is 10.1. The molecule has 1 amide bonds. The number of nitrogens with zero attached hydrogens (tertiary/aromatic N) is 1.